The Morgan fingerprint density at radius 2 is 1.85 bits per heavy atom. The number of benzene rings is 2. The van der Waals surface area contributed by atoms with Crippen molar-refractivity contribution < 1.29 is 18.7 Å². The number of carbonyl (C=O) groups excluding carboxylic acids is 2. The number of para-hydroxylation sites is 1. The Kier molecular flexibility index (Phi) is 7.25. The number of hydrazone groups is 1. The van der Waals surface area contributed by atoms with Gasteiger partial charge in [-0.2, -0.15) is 5.10 Å². The maximum absolute atomic E-state index is 12.9. The summed E-state index contributed by atoms with van der Waals surface area (Å²) in [5.41, 5.74) is 4.29. The van der Waals surface area contributed by atoms with E-state index in [1.807, 2.05) is 18.2 Å². The molecule has 2 aromatic carbocycles. The van der Waals surface area contributed by atoms with Crippen LogP contribution in [0.4, 0.5) is 4.39 Å². The van der Waals surface area contributed by atoms with Crippen LogP contribution in [0.15, 0.2) is 59.7 Å². The molecule has 0 saturated heterocycles. The number of hydrogen-bond donors (Lipinski definition) is 2. The van der Waals surface area contributed by atoms with E-state index in [0.29, 0.717) is 17.0 Å². The molecule has 2 amide bonds. The molecule has 140 valence electrons. The molecule has 0 saturated carbocycles. The highest BCUT2D eigenvalue weighted by atomic mass is 19.1. The molecular weight excluding hydrogens is 349 g/mol. The number of ether oxygens (including phenoxy) is 1. The van der Waals surface area contributed by atoms with E-state index in [-0.39, 0.29) is 12.4 Å². The molecule has 2 N–H and O–H groups in total. The van der Waals surface area contributed by atoms with Gasteiger partial charge in [0.25, 0.3) is 5.91 Å². The number of methoxy groups -OCH3 is 1. The largest absolute Gasteiger partial charge is 0.496 e. The van der Waals surface area contributed by atoms with Gasteiger partial charge in [0.2, 0.25) is 5.91 Å². The van der Waals surface area contributed by atoms with E-state index in [4.69, 9.17) is 4.74 Å². The molecule has 0 unspecified atom stereocenters. The fourth-order valence-electron chi connectivity index (χ4n) is 2.14. The Morgan fingerprint density at radius 3 is 2.56 bits per heavy atom. The predicted molar refractivity (Wildman–Crippen MR) is 102 cm³/mol. The smallest absolute Gasteiger partial charge is 0.259 e. The number of nitrogens with zero attached hydrogens (tertiary/aromatic N) is 1. The van der Waals surface area contributed by atoms with Crippen LogP contribution >= 0.6 is 0 Å². The summed E-state index contributed by atoms with van der Waals surface area (Å²) in [7, 11) is 1.55. The van der Waals surface area contributed by atoms with E-state index in [2.05, 4.69) is 15.8 Å². The van der Waals surface area contributed by atoms with E-state index in [1.165, 1.54) is 18.2 Å². The number of halogens is 1. The quantitative estimate of drug-likeness (QED) is 0.447. The molecule has 0 aliphatic heterocycles. The van der Waals surface area contributed by atoms with Gasteiger partial charge in [-0.25, -0.2) is 9.82 Å². The van der Waals surface area contributed by atoms with E-state index in [0.717, 1.165) is 5.56 Å². The fraction of sp³-hybridized carbons (Fsp3) is 0.150. The van der Waals surface area contributed by atoms with Crippen LogP contribution in [-0.2, 0) is 9.59 Å². The lowest BCUT2D eigenvalue weighted by molar-refractivity contribution is -0.123. The van der Waals surface area contributed by atoms with Crippen LogP contribution in [0.5, 0.6) is 5.75 Å². The lowest BCUT2D eigenvalue weighted by Crippen LogP contribution is -2.34. The average Bonchev–Trinajstić information content (AvgIpc) is 2.69. The SMILES string of the molecule is COc1ccccc1C=CC(=O)NCC(=O)NN=C(C)c1ccc(F)cc1. The number of nitrogens with one attached hydrogen (secondary N) is 2. The van der Waals surface area contributed by atoms with Crippen molar-refractivity contribution in [3.05, 3.63) is 71.6 Å². The molecule has 6 nitrogen and oxygen atoms in total. The summed E-state index contributed by atoms with van der Waals surface area (Å²) < 4.78 is 18.1. The second-order valence-electron chi connectivity index (χ2n) is 5.53. The first-order valence-corrected chi connectivity index (χ1v) is 8.17. The molecule has 0 bridgehead atoms. The van der Waals surface area contributed by atoms with Gasteiger partial charge in [-0.1, -0.05) is 30.3 Å². The summed E-state index contributed by atoms with van der Waals surface area (Å²) in [6, 6.07) is 13.0. The zero-order valence-electron chi connectivity index (χ0n) is 15.0. The topological polar surface area (TPSA) is 79.8 Å². The maximum Gasteiger partial charge on any atom is 0.259 e. The van der Waals surface area contributed by atoms with Crippen molar-refractivity contribution >= 4 is 23.6 Å². The zero-order valence-corrected chi connectivity index (χ0v) is 15.0. The van der Waals surface area contributed by atoms with Crippen molar-refractivity contribution in [3.8, 4) is 5.75 Å². The van der Waals surface area contributed by atoms with Crippen molar-refractivity contribution in [3.63, 3.8) is 0 Å². The molecule has 0 spiro atoms. The van der Waals surface area contributed by atoms with Gasteiger partial charge in [-0.3, -0.25) is 9.59 Å². The van der Waals surface area contributed by atoms with Crippen LogP contribution in [-0.4, -0.2) is 31.2 Å². The van der Waals surface area contributed by atoms with Crippen LogP contribution in [0.2, 0.25) is 0 Å². The number of carbonyl (C=O) groups is 2. The van der Waals surface area contributed by atoms with Gasteiger partial charge in [0.15, 0.2) is 0 Å². The van der Waals surface area contributed by atoms with Gasteiger partial charge in [-0.05, 0) is 36.8 Å². The van der Waals surface area contributed by atoms with Crippen molar-refractivity contribution in [2.75, 3.05) is 13.7 Å². The predicted octanol–water partition coefficient (Wildman–Crippen LogP) is 2.50. The molecule has 2 aromatic rings. The molecule has 0 aliphatic rings. The summed E-state index contributed by atoms with van der Waals surface area (Å²) in [5, 5.41) is 6.39. The highest BCUT2D eigenvalue weighted by Crippen LogP contribution is 2.18. The highest BCUT2D eigenvalue weighted by molar-refractivity contribution is 5.99. The fourth-order valence-corrected chi connectivity index (χ4v) is 2.14. The summed E-state index contributed by atoms with van der Waals surface area (Å²) in [6.45, 7) is 1.46. The third kappa shape index (κ3) is 6.39. The Bertz CT molecular complexity index is 861. The highest BCUT2D eigenvalue weighted by Gasteiger charge is 2.04. The molecule has 0 aliphatic carbocycles. The van der Waals surface area contributed by atoms with Gasteiger partial charge < -0.3 is 10.1 Å². The second kappa shape index (κ2) is 9.86. The number of rotatable bonds is 7. The van der Waals surface area contributed by atoms with Gasteiger partial charge >= 0.3 is 0 Å². The van der Waals surface area contributed by atoms with Crippen LogP contribution < -0.4 is 15.5 Å². The molecule has 2 rings (SSSR count). The van der Waals surface area contributed by atoms with Crippen molar-refractivity contribution in [1.82, 2.24) is 10.7 Å². The molecule has 7 heteroatoms. The first kappa shape index (κ1) is 19.8. The van der Waals surface area contributed by atoms with E-state index in [9.17, 15) is 14.0 Å². The lowest BCUT2D eigenvalue weighted by atomic mass is 10.1. The van der Waals surface area contributed by atoms with Crippen LogP contribution in [0.25, 0.3) is 6.08 Å². The Labute approximate surface area is 156 Å². The van der Waals surface area contributed by atoms with Crippen LogP contribution in [0.3, 0.4) is 0 Å². The van der Waals surface area contributed by atoms with Gasteiger partial charge in [0.1, 0.15) is 11.6 Å². The maximum atomic E-state index is 12.9. The normalized spacial score (nSPS) is 11.3. The Balaban J connectivity index is 1.82. The molecule has 0 radical (unpaired) electrons. The van der Waals surface area contributed by atoms with E-state index < -0.39 is 11.8 Å². The summed E-state index contributed by atoms with van der Waals surface area (Å²) >= 11 is 0. The minimum Gasteiger partial charge on any atom is -0.496 e. The monoisotopic (exact) mass is 369 g/mol. The lowest BCUT2D eigenvalue weighted by Gasteiger charge is -2.05. The van der Waals surface area contributed by atoms with E-state index in [1.54, 1.807) is 38.3 Å². The van der Waals surface area contributed by atoms with Crippen molar-refractivity contribution in [2.45, 2.75) is 6.92 Å². The Hall–Kier alpha value is -3.48. The van der Waals surface area contributed by atoms with Crippen LogP contribution in [0.1, 0.15) is 18.1 Å². The standard InChI is InChI=1S/C20H20FN3O3/c1-14(15-7-10-17(21)11-8-15)23-24-20(26)13-22-19(25)12-9-16-5-3-4-6-18(16)27-2/h3-12H,13H2,1-2H3,(H,22,25)(H,24,26). The third-order valence-corrected chi connectivity index (χ3v) is 3.59. The van der Waals surface area contributed by atoms with Gasteiger partial charge in [0.05, 0.1) is 19.4 Å². The summed E-state index contributed by atoms with van der Waals surface area (Å²) in [5.74, 6) is -0.602. The summed E-state index contributed by atoms with van der Waals surface area (Å²) in [4.78, 5) is 23.6. The first-order valence-electron chi connectivity index (χ1n) is 8.17. The minimum absolute atomic E-state index is 0.227. The molecule has 0 fully saturated rings. The number of amides is 2. The van der Waals surface area contributed by atoms with Crippen LogP contribution in [0, 0.1) is 5.82 Å². The minimum atomic E-state index is -0.476. The number of hydrogen-bond acceptors (Lipinski definition) is 4. The van der Waals surface area contributed by atoms with Crippen molar-refractivity contribution in [2.24, 2.45) is 5.10 Å². The summed E-state index contributed by atoms with van der Waals surface area (Å²) in [6.07, 6.45) is 2.92. The molecule has 27 heavy (non-hydrogen) atoms. The zero-order chi connectivity index (χ0) is 19.6. The van der Waals surface area contributed by atoms with Gasteiger partial charge in [-0.15, -0.1) is 0 Å². The molecular formula is C20H20FN3O3. The van der Waals surface area contributed by atoms with Crippen molar-refractivity contribution in [1.29, 1.82) is 0 Å². The Morgan fingerprint density at radius 1 is 1.15 bits per heavy atom. The molecule has 0 aromatic heterocycles. The average molecular weight is 369 g/mol. The molecule has 0 heterocycles. The first-order chi connectivity index (χ1) is 13.0. The van der Waals surface area contributed by atoms with Gasteiger partial charge in [0, 0.05) is 11.6 Å². The molecule has 0 atom stereocenters. The second-order valence-corrected chi connectivity index (χ2v) is 5.53. The third-order valence-electron chi connectivity index (χ3n) is 3.59. The van der Waals surface area contributed by atoms with E-state index >= 15 is 0 Å².